The van der Waals surface area contributed by atoms with Crippen molar-refractivity contribution in [3.63, 3.8) is 0 Å². The van der Waals surface area contributed by atoms with Crippen LogP contribution in [0, 0.1) is 6.92 Å². The van der Waals surface area contributed by atoms with E-state index in [-0.39, 0.29) is 33.6 Å². The smallest absolute Gasteiger partial charge is 0.410 e. The molecular weight excluding hydrogens is 594 g/mol. The zero-order valence-electron chi connectivity index (χ0n) is 25.5. The van der Waals surface area contributed by atoms with E-state index in [2.05, 4.69) is 24.9 Å². The Hall–Kier alpha value is -3.26. The van der Waals surface area contributed by atoms with Crippen molar-refractivity contribution in [3.8, 4) is 0 Å². The number of hydrogen-bond acceptors (Lipinski definition) is 9. The standard InChI is InChI=1S/C29H40ClN7O5S/c1-19(2)37-25-21(17-23(30)26(37)38)18-31-27(34-25)33-24-9-8-22(16-20(24)3)43(40,41)32-10-7-11-35-12-14-36(15-13-35)28(39)42-29(4,5)6/h8-9,16-19,32H,7,10-15H2,1-6H3,(H,31,33,34). The number of anilines is 2. The molecule has 1 fully saturated rings. The third-order valence-corrected chi connectivity index (χ3v) is 8.70. The number of benzene rings is 1. The summed E-state index contributed by atoms with van der Waals surface area (Å²) in [4.78, 5) is 37.8. The van der Waals surface area contributed by atoms with Crippen LogP contribution in [0.2, 0.25) is 5.02 Å². The minimum Gasteiger partial charge on any atom is -0.444 e. The molecule has 2 N–H and O–H groups in total. The number of nitrogens with zero attached hydrogens (tertiary/aromatic N) is 5. The highest BCUT2D eigenvalue weighted by Gasteiger charge is 2.26. The number of rotatable bonds is 9. The second-order valence-corrected chi connectivity index (χ2v) is 14.1. The van der Waals surface area contributed by atoms with Gasteiger partial charge in [0, 0.05) is 56.0 Å². The molecule has 3 aromatic rings. The number of pyridine rings is 1. The van der Waals surface area contributed by atoms with Gasteiger partial charge in [-0.3, -0.25) is 14.3 Å². The minimum atomic E-state index is -3.71. The van der Waals surface area contributed by atoms with E-state index in [1.54, 1.807) is 36.2 Å². The van der Waals surface area contributed by atoms with Gasteiger partial charge < -0.3 is 15.0 Å². The van der Waals surface area contributed by atoms with Gasteiger partial charge >= 0.3 is 6.09 Å². The number of piperazine rings is 1. The van der Waals surface area contributed by atoms with Crippen molar-refractivity contribution in [1.82, 2.24) is 29.1 Å². The first-order valence-corrected chi connectivity index (χ1v) is 16.2. The molecule has 0 spiro atoms. The van der Waals surface area contributed by atoms with Crippen molar-refractivity contribution in [2.24, 2.45) is 0 Å². The van der Waals surface area contributed by atoms with Gasteiger partial charge in [-0.05, 0) is 84.3 Å². The third-order valence-electron chi connectivity index (χ3n) is 6.97. The summed E-state index contributed by atoms with van der Waals surface area (Å²) >= 11 is 6.11. The summed E-state index contributed by atoms with van der Waals surface area (Å²) in [5.74, 6) is 0.271. The van der Waals surface area contributed by atoms with E-state index in [1.165, 1.54) is 10.6 Å². The predicted octanol–water partition coefficient (Wildman–Crippen LogP) is 4.30. The highest BCUT2D eigenvalue weighted by Crippen LogP contribution is 2.24. The SMILES string of the molecule is Cc1cc(S(=O)(=O)NCCCN2CCN(C(=O)OC(C)(C)C)CC2)ccc1Nc1ncc2cc(Cl)c(=O)n(C(C)C)c2n1. The number of sulfonamides is 1. The molecule has 0 atom stereocenters. The topological polar surface area (TPSA) is 139 Å². The largest absolute Gasteiger partial charge is 0.444 e. The fraction of sp³-hybridized carbons (Fsp3) is 0.517. The van der Waals surface area contributed by atoms with Gasteiger partial charge in [0.1, 0.15) is 16.3 Å². The number of aryl methyl sites for hydroxylation is 1. The summed E-state index contributed by atoms with van der Waals surface area (Å²) in [6.07, 6.45) is 1.92. The number of hydrogen-bond donors (Lipinski definition) is 2. The van der Waals surface area contributed by atoms with E-state index in [0.29, 0.717) is 61.4 Å². The predicted molar refractivity (Wildman–Crippen MR) is 168 cm³/mol. The van der Waals surface area contributed by atoms with E-state index in [1.807, 2.05) is 34.6 Å². The van der Waals surface area contributed by atoms with Crippen LogP contribution in [0.15, 0.2) is 40.2 Å². The summed E-state index contributed by atoms with van der Waals surface area (Å²) < 4.78 is 35.6. The highest BCUT2D eigenvalue weighted by molar-refractivity contribution is 7.89. The summed E-state index contributed by atoms with van der Waals surface area (Å²) in [5, 5.41) is 3.87. The number of carbonyl (C=O) groups is 1. The van der Waals surface area contributed by atoms with Gasteiger partial charge in [0.2, 0.25) is 16.0 Å². The van der Waals surface area contributed by atoms with Gasteiger partial charge in [-0.25, -0.2) is 22.9 Å². The van der Waals surface area contributed by atoms with Crippen molar-refractivity contribution in [2.75, 3.05) is 44.6 Å². The Kier molecular flexibility index (Phi) is 10.00. The summed E-state index contributed by atoms with van der Waals surface area (Å²) in [7, 11) is -3.71. The van der Waals surface area contributed by atoms with Gasteiger partial charge in [-0.15, -0.1) is 0 Å². The molecule has 0 saturated carbocycles. The Morgan fingerprint density at radius 3 is 2.47 bits per heavy atom. The Morgan fingerprint density at radius 1 is 1.14 bits per heavy atom. The van der Waals surface area contributed by atoms with E-state index >= 15 is 0 Å². The lowest BCUT2D eigenvalue weighted by molar-refractivity contribution is 0.0145. The highest BCUT2D eigenvalue weighted by atomic mass is 35.5. The number of nitrogens with one attached hydrogen (secondary N) is 2. The zero-order valence-corrected chi connectivity index (χ0v) is 27.0. The summed E-state index contributed by atoms with van der Waals surface area (Å²) in [5.41, 5.74) is 0.923. The summed E-state index contributed by atoms with van der Waals surface area (Å²) in [6.45, 7) is 14.7. The van der Waals surface area contributed by atoms with Gasteiger partial charge in [-0.1, -0.05) is 11.6 Å². The maximum Gasteiger partial charge on any atom is 0.410 e. The van der Waals surface area contributed by atoms with Crippen molar-refractivity contribution < 1.29 is 17.9 Å². The number of aromatic nitrogens is 3. The maximum absolute atomic E-state index is 13.0. The molecule has 0 unspecified atom stereocenters. The number of ether oxygens (including phenoxy) is 1. The molecule has 1 aromatic carbocycles. The second kappa shape index (κ2) is 13.2. The Labute approximate surface area is 257 Å². The lowest BCUT2D eigenvalue weighted by atomic mass is 10.2. The monoisotopic (exact) mass is 633 g/mol. The van der Waals surface area contributed by atoms with E-state index in [4.69, 9.17) is 16.3 Å². The summed E-state index contributed by atoms with van der Waals surface area (Å²) in [6, 6.07) is 6.17. The molecule has 1 aliphatic heterocycles. The van der Waals surface area contributed by atoms with E-state index < -0.39 is 15.6 Å². The number of fused-ring (bicyclic) bond motifs is 1. The molecule has 0 radical (unpaired) electrons. The molecule has 3 heterocycles. The van der Waals surface area contributed by atoms with Crippen LogP contribution in [0.5, 0.6) is 0 Å². The second-order valence-electron chi connectivity index (χ2n) is 11.9. The van der Waals surface area contributed by atoms with Crippen LogP contribution in [-0.2, 0) is 14.8 Å². The molecular formula is C29H40ClN7O5S. The molecule has 0 aliphatic carbocycles. The molecule has 12 nitrogen and oxygen atoms in total. The number of halogens is 1. The third kappa shape index (κ3) is 8.22. The Morgan fingerprint density at radius 2 is 1.84 bits per heavy atom. The molecule has 0 bridgehead atoms. The molecule has 4 rings (SSSR count). The lowest BCUT2D eigenvalue weighted by Crippen LogP contribution is -2.50. The molecule has 1 saturated heterocycles. The minimum absolute atomic E-state index is 0.102. The van der Waals surface area contributed by atoms with Crippen LogP contribution in [0.1, 0.15) is 52.6 Å². The average molecular weight is 634 g/mol. The molecule has 14 heteroatoms. The normalized spacial score (nSPS) is 14.8. The molecule has 43 heavy (non-hydrogen) atoms. The first kappa shape index (κ1) is 32.6. The Bertz CT molecular complexity index is 1650. The van der Waals surface area contributed by atoms with Crippen molar-refractivity contribution >= 4 is 50.4 Å². The van der Waals surface area contributed by atoms with Gasteiger partial charge in [0.05, 0.1) is 4.90 Å². The van der Waals surface area contributed by atoms with Crippen LogP contribution in [-0.4, -0.2) is 83.7 Å². The zero-order chi connectivity index (χ0) is 31.5. The van der Waals surface area contributed by atoms with E-state index in [9.17, 15) is 18.0 Å². The van der Waals surface area contributed by atoms with Gasteiger partial charge in [-0.2, -0.15) is 4.98 Å². The average Bonchev–Trinajstić information content (AvgIpc) is 2.92. The van der Waals surface area contributed by atoms with Crippen LogP contribution < -0.4 is 15.6 Å². The van der Waals surface area contributed by atoms with Crippen LogP contribution in [0.4, 0.5) is 16.4 Å². The quantitative estimate of drug-likeness (QED) is 0.330. The van der Waals surface area contributed by atoms with Gasteiger partial charge in [0.25, 0.3) is 5.56 Å². The maximum atomic E-state index is 13.0. The molecule has 1 amide bonds. The van der Waals surface area contributed by atoms with E-state index in [0.717, 1.165) is 6.54 Å². The number of amides is 1. The van der Waals surface area contributed by atoms with Crippen LogP contribution >= 0.6 is 11.6 Å². The first-order chi connectivity index (χ1) is 20.1. The van der Waals surface area contributed by atoms with Crippen molar-refractivity contribution in [2.45, 2.75) is 64.5 Å². The lowest BCUT2D eigenvalue weighted by Gasteiger charge is -2.35. The van der Waals surface area contributed by atoms with Crippen LogP contribution in [0.3, 0.4) is 0 Å². The fourth-order valence-corrected chi connectivity index (χ4v) is 6.13. The van der Waals surface area contributed by atoms with Crippen molar-refractivity contribution in [3.05, 3.63) is 51.4 Å². The fourth-order valence-electron chi connectivity index (χ4n) is 4.76. The number of carbonyl (C=O) groups excluding carboxylic acids is 1. The van der Waals surface area contributed by atoms with Gasteiger partial charge in [0.15, 0.2) is 0 Å². The Balaban J connectivity index is 1.32. The molecule has 234 valence electrons. The van der Waals surface area contributed by atoms with Crippen LogP contribution in [0.25, 0.3) is 11.0 Å². The van der Waals surface area contributed by atoms with Crippen molar-refractivity contribution in [1.29, 1.82) is 0 Å². The molecule has 1 aliphatic rings. The molecule has 2 aromatic heterocycles. The first-order valence-electron chi connectivity index (χ1n) is 14.3.